The number of hydrogen-bond acceptors (Lipinski definition) is 3. The third-order valence-electron chi connectivity index (χ3n) is 2.72. The summed E-state index contributed by atoms with van der Waals surface area (Å²) >= 11 is 0. The number of carbonyl (C=O) groups excluding carboxylic acids is 1. The average molecular weight is 277 g/mol. The fourth-order valence-electron chi connectivity index (χ4n) is 1.72. The SMILES string of the molecule is CCc1cc(C(=O)Nc2cccc(F)c2F)cc(N)n1. The molecule has 20 heavy (non-hydrogen) atoms. The summed E-state index contributed by atoms with van der Waals surface area (Å²) in [5.74, 6) is -2.49. The van der Waals surface area contributed by atoms with E-state index < -0.39 is 17.5 Å². The van der Waals surface area contributed by atoms with Crippen LogP contribution in [0.5, 0.6) is 0 Å². The van der Waals surface area contributed by atoms with Gasteiger partial charge in [0.2, 0.25) is 0 Å². The number of anilines is 2. The standard InChI is InChI=1S/C14H13F2N3O/c1-2-9-6-8(7-12(17)18-9)14(20)19-11-5-3-4-10(15)13(11)16/h3-7H,2H2,1H3,(H2,17,18)(H,19,20). The molecule has 0 atom stereocenters. The summed E-state index contributed by atoms with van der Waals surface area (Å²) in [5.41, 5.74) is 6.27. The Bertz CT molecular complexity index is 659. The van der Waals surface area contributed by atoms with Gasteiger partial charge in [-0.3, -0.25) is 4.79 Å². The van der Waals surface area contributed by atoms with Crippen molar-refractivity contribution in [2.24, 2.45) is 0 Å². The maximum atomic E-state index is 13.5. The molecule has 0 aliphatic heterocycles. The zero-order valence-electron chi connectivity index (χ0n) is 10.8. The van der Waals surface area contributed by atoms with Crippen molar-refractivity contribution >= 4 is 17.4 Å². The normalized spacial score (nSPS) is 10.3. The molecule has 1 aromatic heterocycles. The Labute approximate surface area is 114 Å². The first-order valence-corrected chi connectivity index (χ1v) is 6.03. The monoisotopic (exact) mass is 277 g/mol. The van der Waals surface area contributed by atoms with E-state index in [0.29, 0.717) is 12.1 Å². The minimum absolute atomic E-state index is 0.203. The maximum absolute atomic E-state index is 13.5. The number of halogens is 2. The predicted molar refractivity (Wildman–Crippen MR) is 72.3 cm³/mol. The number of rotatable bonds is 3. The lowest BCUT2D eigenvalue weighted by molar-refractivity contribution is 0.102. The second kappa shape index (κ2) is 5.64. The van der Waals surface area contributed by atoms with E-state index in [1.807, 2.05) is 6.92 Å². The zero-order valence-corrected chi connectivity index (χ0v) is 10.8. The predicted octanol–water partition coefficient (Wildman–Crippen LogP) is 2.76. The molecule has 1 amide bonds. The molecule has 104 valence electrons. The molecule has 0 saturated carbocycles. The van der Waals surface area contributed by atoms with Crippen LogP contribution in [0.3, 0.4) is 0 Å². The lowest BCUT2D eigenvalue weighted by atomic mass is 10.1. The molecular formula is C14H13F2N3O. The smallest absolute Gasteiger partial charge is 0.255 e. The second-order valence-electron chi connectivity index (χ2n) is 4.18. The first kappa shape index (κ1) is 13.9. The Morgan fingerprint density at radius 1 is 1.35 bits per heavy atom. The molecular weight excluding hydrogens is 264 g/mol. The highest BCUT2D eigenvalue weighted by molar-refractivity contribution is 6.04. The van der Waals surface area contributed by atoms with Gasteiger partial charge in [0.25, 0.3) is 5.91 Å². The number of hydrogen-bond donors (Lipinski definition) is 2. The van der Waals surface area contributed by atoms with Gasteiger partial charge in [0.1, 0.15) is 5.82 Å². The van der Waals surface area contributed by atoms with Crippen LogP contribution in [0.15, 0.2) is 30.3 Å². The van der Waals surface area contributed by atoms with Crippen LogP contribution in [0.25, 0.3) is 0 Å². The Morgan fingerprint density at radius 3 is 2.80 bits per heavy atom. The Morgan fingerprint density at radius 2 is 2.10 bits per heavy atom. The van der Waals surface area contributed by atoms with Crippen LogP contribution in [0.4, 0.5) is 20.3 Å². The Balaban J connectivity index is 2.28. The van der Waals surface area contributed by atoms with Gasteiger partial charge in [-0.25, -0.2) is 13.8 Å². The third kappa shape index (κ3) is 2.90. The first-order valence-electron chi connectivity index (χ1n) is 6.03. The summed E-state index contributed by atoms with van der Waals surface area (Å²) in [4.78, 5) is 16.1. The van der Waals surface area contributed by atoms with E-state index in [4.69, 9.17) is 5.73 Å². The fraction of sp³-hybridized carbons (Fsp3) is 0.143. The summed E-state index contributed by atoms with van der Waals surface area (Å²) in [5, 5.41) is 2.31. The van der Waals surface area contributed by atoms with Crippen molar-refractivity contribution in [3.05, 3.63) is 53.2 Å². The molecule has 0 aliphatic rings. The number of nitrogen functional groups attached to an aromatic ring is 1. The van der Waals surface area contributed by atoms with Gasteiger partial charge in [-0.1, -0.05) is 13.0 Å². The van der Waals surface area contributed by atoms with Gasteiger partial charge in [0, 0.05) is 11.3 Å². The number of aromatic nitrogens is 1. The molecule has 3 N–H and O–H groups in total. The number of nitrogens with one attached hydrogen (secondary N) is 1. The molecule has 1 aromatic carbocycles. The first-order chi connectivity index (χ1) is 9.51. The number of pyridine rings is 1. The van der Waals surface area contributed by atoms with Crippen molar-refractivity contribution in [3.8, 4) is 0 Å². The molecule has 2 aromatic rings. The molecule has 0 radical (unpaired) electrons. The number of nitrogens with zero attached hydrogens (tertiary/aromatic N) is 1. The lowest BCUT2D eigenvalue weighted by Gasteiger charge is -2.08. The van der Waals surface area contributed by atoms with E-state index in [-0.39, 0.29) is 17.1 Å². The van der Waals surface area contributed by atoms with Gasteiger partial charge in [-0.15, -0.1) is 0 Å². The molecule has 1 heterocycles. The van der Waals surface area contributed by atoms with Gasteiger partial charge in [-0.2, -0.15) is 0 Å². The zero-order chi connectivity index (χ0) is 14.7. The largest absolute Gasteiger partial charge is 0.384 e. The molecule has 4 nitrogen and oxygen atoms in total. The average Bonchev–Trinajstić information content (AvgIpc) is 2.43. The molecule has 0 spiro atoms. The minimum atomic E-state index is -1.10. The molecule has 6 heteroatoms. The van der Waals surface area contributed by atoms with Crippen molar-refractivity contribution in [1.29, 1.82) is 0 Å². The van der Waals surface area contributed by atoms with Crippen LogP contribution in [0, 0.1) is 11.6 Å². The lowest BCUT2D eigenvalue weighted by Crippen LogP contribution is -2.14. The van der Waals surface area contributed by atoms with E-state index in [0.717, 1.165) is 6.07 Å². The van der Waals surface area contributed by atoms with Gasteiger partial charge >= 0.3 is 0 Å². The van der Waals surface area contributed by atoms with E-state index in [9.17, 15) is 13.6 Å². The van der Waals surface area contributed by atoms with Gasteiger partial charge in [0.05, 0.1) is 5.69 Å². The summed E-state index contributed by atoms with van der Waals surface area (Å²) < 4.78 is 26.5. The molecule has 0 aliphatic carbocycles. The van der Waals surface area contributed by atoms with Gasteiger partial charge in [0.15, 0.2) is 11.6 Å². The maximum Gasteiger partial charge on any atom is 0.255 e. The summed E-state index contributed by atoms with van der Waals surface area (Å²) in [6, 6.07) is 6.51. The van der Waals surface area contributed by atoms with Gasteiger partial charge in [-0.05, 0) is 30.7 Å². The van der Waals surface area contributed by atoms with Gasteiger partial charge < -0.3 is 11.1 Å². The second-order valence-corrected chi connectivity index (χ2v) is 4.18. The van der Waals surface area contributed by atoms with Crippen LogP contribution in [0.2, 0.25) is 0 Å². The summed E-state index contributed by atoms with van der Waals surface area (Å²) in [6.45, 7) is 1.87. The van der Waals surface area contributed by atoms with E-state index in [2.05, 4.69) is 10.3 Å². The third-order valence-corrected chi connectivity index (χ3v) is 2.72. The topological polar surface area (TPSA) is 68.0 Å². The summed E-state index contributed by atoms with van der Waals surface area (Å²) in [6.07, 6.45) is 0.611. The van der Waals surface area contributed by atoms with Crippen molar-refractivity contribution in [3.63, 3.8) is 0 Å². The minimum Gasteiger partial charge on any atom is -0.384 e. The van der Waals surface area contributed by atoms with Crippen molar-refractivity contribution < 1.29 is 13.6 Å². The van der Waals surface area contributed by atoms with Crippen molar-refractivity contribution in [2.45, 2.75) is 13.3 Å². The molecule has 0 fully saturated rings. The number of benzene rings is 1. The van der Waals surface area contributed by atoms with Crippen molar-refractivity contribution in [2.75, 3.05) is 11.1 Å². The van der Waals surface area contributed by atoms with Crippen molar-refractivity contribution in [1.82, 2.24) is 4.98 Å². The molecule has 0 saturated heterocycles. The molecule has 2 rings (SSSR count). The van der Waals surface area contributed by atoms with E-state index >= 15 is 0 Å². The number of nitrogens with two attached hydrogens (primary N) is 1. The fourth-order valence-corrected chi connectivity index (χ4v) is 1.72. The number of carbonyl (C=O) groups is 1. The van der Waals surface area contributed by atoms with Crippen LogP contribution >= 0.6 is 0 Å². The number of amides is 1. The highest BCUT2D eigenvalue weighted by atomic mass is 19.2. The van der Waals surface area contributed by atoms with E-state index in [1.54, 1.807) is 6.07 Å². The van der Waals surface area contributed by atoms with Crippen LogP contribution in [0.1, 0.15) is 23.0 Å². The summed E-state index contributed by atoms with van der Waals surface area (Å²) in [7, 11) is 0. The number of aryl methyl sites for hydroxylation is 1. The highest BCUT2D eigenvalue weighted by Crippen LogP contribution is 2.18. The van der Waals surface area contributed by atoms with Crippen LogP contribution < -0.4 is 11.1 Å². The Kier molecular flexibility index (Phi) is 3.93. The Hall–Kier alpha value is -2.50. The van der Waals surface area contributed by atoms with Crippen LogP contribution in [-0.4, -0.2) is 10.9 Å². The quantitative estimate of drug-likeness (QED) is 0.906. The highest BCUT2D eigenvalue weighted by Gasteiger charge is 2.13. The van der Waals surface area contributed by atoms with E-state index in [1.165, 1.54) is 18.2 Å². The molecule has 0 bridgehead atoms. The molecule has 0 unspecified atom stereocenters. The van der Waals surface area contributed by atoms with Crippen LogP contribution in [-0.2, 0) is 6.42 Å².